The van der Waals surface area contributed by atoms with Crippen LogP contribution in [-0.4, -0.2) is 54.3 Å². The molecule has 0 amide bonds. The first kappa shape index (κ1) is 21.3. The molecule has 0 N–H and O–H groups in total. The SMILES string of the molecule is CC(C)C1CCN(C2CCN(C3CCC4(CCC4)CC3)CC2)CC1.CC=O. The van der Waals surface area contributed by atoms with Crippen LogP contribution in [-0.2, 0) is 4.79 Å². The molecule has 2 saturated carbocycles. The van der Waals surface area contributed by atoms with E-state index in [9.17, 15) is 0 Å². The Balaban J connectivity index is 0.000000659. The van der Waals surface area contributed by atoms with E-state index in [-0.39, 0.29) is 0 Å². The molecular weight excluding hydrogens is 332 g/mol. The van der Waals surface area contributed by atoms with Gasteiger partial charge in [-0.2, -0.15) is 0 Å². The van der Waals surface area contributed by atoms with Crippen LogP contribution in [0.2, 0.25) is 0 Å². The fourth-order valence-corrected chi connectivity index (χ4v) is 6.32. The number of aldehydes is 1. The summed E-state index contributed by atoms with van der Waals surface area (Å²) in [5.41, 5.74) is 0.829. The zero-order valence-corrected chi connectivity index (χ0v) is 18.3. The monoisotopic (exact) mass is 376 g/mol. The summed E-state index contributed by atoms with van der Waals surface area (Å²) in [6.07, 6.45) is 17.2. The summed E-state index contributed by atoms with van der Waals surface area (Å²) in [5.74, 6) is 1.88. The Morgan fingerprint density at radius 2 is 1.22 bits per heavy atom. The number of likely N-dealkylation sites (tertiary alicyclic amines) is 2. The van der Waals surface area contributed by atoms with Crippen molar-refractivity contribution >= 4 is 6.29 Å². The van der Waals surface area contributed by atoms with Crippen molar-refractivity contribution in [3.05, 3.63) is 0 Å². The van der Waals surface area contributed by atoms with Gasteiger partial charge in [-0.15, -0.1) is 0 Å². The van der Waals surface area contributed by atoms with Crippen molar-refractivity contribution in [2.45, 2.75) is 103 Å². The average molecular weight is 377 g/mol. The van der Waals surface area contributed by atoms with Crippen molar-refractivity contribution in [3.63, 3.8) is 0 Å². The second kappa shape index (κ2) is 9.87. The topological polar surface area (TPSA) is 23.6 Å². The third kappa shape index (κ3) is 5.35. The lowest BCUT2D eigenvalue weighted by Gasteiger charge is -2.50. The van der Waals surface area contributed by atoms with Crippen LogP contribution >= 0.6 is 0 Å². The fourth-order valence-electron chi connectivity index (χ4n) is 6.32. The van der Waals surface area contributed by atoms with Crippen LogP contribution in [0.5, 0.6) is 0 Å². The summed E-state index contributed by atoms with van der Waals surface area (Å²) in [6, 6.07) is 1.83. The number of carbonyl (C=O) groups is 1. The molecule has 3 nitrogen and oxygen atoms in total. The Morgan fingerprint density at radius 1 is 0.778 bits per heavy atom. The number of hydrogen-bond acceptors (Lipinski definition) is 3. The molecule has 4 rings (SSSR count). The molecule has 1 spiro atoms. The summed E-state index contributed by atoms with van der Waals surface area (Å²) in [7, 11) is 0. The maximum Gasteiger partial charge on any atom is 0.116 e. The maximum atomic E-state index is 8.81. The molecule has 2 saturated heterocycles. The highest BCUT2D eigenvalue weighted by molar-refractivity contribution is 5.44. The zero-order chi connectivity index (χ0) is 19.3. The number of piperidine rings is 2. The first-order valence-electron chi connectivity index (χ1n) is 11.9. The van der Waals surface area contributed by atoms with Gasteiger partial charge >= 0.3 is 0 Å². The molecule has 0 aromatic rings. The first-order valence-corrected chi connectivity index (χ1v) is 11.9. The Labute approximate surface area is 168 Å². The zero-order valence-electron chi connectivity index (χ0n) is 18.3. The van der Waals surface area contributed by atoms with Crippen LogP contribution in [0.25, 0.3) is 0 Å². The normalized spacial score (nSPS) is 28.6. The molecule has 0 unspecified atom stereocenters. The van der Waals surface area contributed by atoms with Gasteiger partial charge < -0.3 is 14.6 Å². The minimum absolute atomic E-state index is 0.750. The van der Waals surface area contributed by atoms with Crippen LogP contribution < -0.4 is 0 Å². The van der Waals surface area contributed by atoms with E-state index in [4.69, 9.17) is 4.79 Å². The largest absolute Gasteiger partial charge is 0.304 e. The van der Waals surface area contributed by atoms with Gasteiger partial charge in [0, 0.05) is 12.1 Å². The molecule has 27 heavy (non-hydrogen) atoms. The van der Waals surface area contributed by atoms with E-state index in [0.29, 0.717) is 0 Å². The smallest absolute Gasteiger partial charge is 0.116 e. The van der Waals surface area contributed by atoms with Crippen LogP contribution in [0.1, 0.15) is 91.4 Å². The lowest BCUT2D eigenvalue weighted by atomic mass is 9.60. The lowest BCUT2D eigenvalue weighted by Crippen LogP contribution is -2.51. The van der Waals surface area contributed by atoms with Crippen LogP contribution in [0.15, 0.2) is 0 Å². The molecule has 4 fully saturated rings. The van der Waals surface area contributed by atoms with Gasteiger partial charge in [0.2, 0.25) is 0 Å². The molecule has 2 aliphatic heterocycles. The standard InChI is InChI=1S/C22H40N2.C2H4O/c1-18(2)19-6-14-23(15-7-19)21-8-16-24(17-9-21)20-4-12-22(13-5-20)10-3-11-22;1-2-3/h18-21H,3-17H2,1-2H3;2H,1H3. The highest BCUT2D eigenvalue weighted by Crippen LogP contribution is 2.52. The fraction of sp³-hybridized carbons (Fsp3) is 0.958. The summed E-state index contributed by atoms with van der Waals surface area (Å²) in [4.78, 5) is 14.5. The van der Waals surface area contributed by atoms with Gasteiger partial charge in [-0.05, 0) is 115 Å². The van der Waals surface area contributed by atoms with Crippen molar-refractivity contribution in [2.75, 3.05) is 26.2 Å². The van der Waals surface area contributed by atoms with Gasteiger partial charge in [-0.25, -0.2) is 0 Å². The van der Waals surface area contributed by atoms with Crippen molar-refractivity contribution in [1.82, 2.24) is 9.80 Å². The molecule has 156 valence electrons. The van der Waals surface area contributed by atoms with Crippen LogP contribution in [0, 0.1) is 17.3 Å². The van der Waals surface area contributed by atoms with Crippen LogP contribution in [0.3, 0.4) is 0 Å². The molecule has 0 aromatic carbocycles. The number of nitrogens with zero attached hydrogens (tertiary/aromatic N) is 2. The molecule has 3 heteroatoms. The number of rotatable bonds is 3. The molecule has 2 aliphatic carbocycles. The van der Waals surface area contributed by atoms with Gasteiger partial charge in [0.1, 0.15) is 6.29 Å². The Kier molecular flexibility index (Phi) is 7.79. The Bertz CT molecular complexity index is 433. The molecule has 2 heterocycles. The average Bonchev–Trinajstić information content (AvgIpc) is 2.68. The Morgan fingerprint density at radius 3 is 1.63 bits per heavy atom. The van der Waals surface area contributed by atoms with E-state index in [1.54, 1.807) is 25.7 Å². The van der Waals surface area contributed by atoms with E-state index in [1.165, 1.54) is 78.0 Å². The minimum Gasteiger partial charge on any atom is -0.304 e. The highest BCUT2D eigenvalue weighted by Gasteiger charge is 2.41. The van der Waals surface area contributed by atoms with E-state index in [0.717, 1.165) is 35.6 Å². The number of carbonyl (C=O) groups excluding carboxylic acids is 1. The van der Waals surface area contributed by atoms with Gasteiger partial charge in [0.05, 0.1) is 0 Å². The molecule has 0 bridgehead atoms. The molecule has 0 atom stereocenters. The van der Waals surface area contributed by atoms with E-state index in [1.807, 2.05) is 0 Å². The maximum absolute atomic E-state index is 8.81. The van der Waals surface area contributed by atoms with Crippen molar-refractivity contribution in [3.8, 4) is 0 Å². The highest BCUT2D eigenvalue weighted by atomic mass is 16.1. The molecule has 0 radical (unpaired) electrons. The first-order chi connectivity index (χ1) is 13.1. The van der Waals surface area contributed by atoms with Crippen molar-refractivity contribution < 1.29 is 4.79 Å². The van der Waals surface area contributed by atoms with Crippen molar-refractivity contribution in [1.29, 1.82) is 0 Å². The second-order valence-electron chi connectivity index (χ2n) is 10.2. The van der Waals surface area contributed by atoms with Gasteiger partial charge in [0.25, 0.3) is 0 Å². The molecule has 0 aromatic heterocycles. The molecular formula is C24H44N2O. The van der Waals surface area contributed by atoms with Crippen molar-refractivity contribution in [2.24, 2.45) is 17.3 Å². The summed E-state index contributed by atoms with van der Waals surface area (Å²) >= 11 is 0. The predicted molar refractivity (Wildman–Crippen MR) is 114 cm³/mol. The van der Waals surface area contributed by atoms with Gasteiger partial charge in [0.15, 0.2) is 0 Å². The minimum atomic E-state index is 0.750. The summed E-state index contributed by atoms with van der Waals surface area (Å²) in [5, 5.41) is 0. The third-order valence-electron chi connectivity index (χ3n) is 8.48. The quantitative estimate of drug-likeness (QED) is 0.637. The van der Waals surface area contributed by atoms with Crippen LogP contribution in [0.4, 0.5) is 0 Å². The van der Waals surface area contributed by atoms with E-state index < -0.39 is 0 Å². The van der Waals surface area contributed by atoms with E-state index in [2.05, 4.69) is 23.6 Å². The second-order valence-corrected chi connectivity index (χ2v) is 10.2. The van der Waals surface area contributed by atoms with Gasteiger partial charge in [-0.1, -0.05) is 20.3 Å². The summed E-state index contributed by atoms with van der Waals surface area (Å²) < 4.78 is 0. The molecule has 4 aliphatic rings. The number of hydrogen-bond donors (Lipinski definition) is 0. The predicted octanol–water partition coefficient (Wildman–Crippen LogP) is 5.14. The lowest BCUT2D eigenvalue weighted by molar-refractivity contribution is -0.106. The van der Waals surface area contributed by atoms with Gasteiger partial charge in [-0.3, -0.25) is 0 Å². The Hall–Kier alpha value is -0.410. The summed E-state index contributed by atoms with van der Waals surface area (Å²) in [6.45, 7) is 11.8. The van der Waals surface area contributed by atoms with E-state index >= 15 is 0 Å². The third-order valence-corrected chi connectivity index (χ3v) is 8.48.